The lowest BCUT2D eigenvalue weighted by Gasteiger charge is -2.43. The molecule has 4 rings (SSSR count). The summed E-state index contributed by atoms with van der Waals surface area (Å²) in [4.78, 5) is 0. The van der Waals surface area contributed by atoms with E-state index in [9.17, 15) is 0 Å². The Morgan fingerprint density at radius 3 is 1.00 bits per heavy atom. The van der Waals surface area contributed by atoms with Crippen LogP contribution in [0.25, 0.3) is 0 Å². The molecule has 0 radical (unpaired) electrons. The zero-order valence-corrected chi connectivity index (χ0v) is 17.3. The van der Waals surface area contributed by atoms with E-state index in [1.807, 2.05) is 0 Å². The maximum Gasteiger partial charge on any atom is 0.0261 e. The third-order valence-corrected chi connectivity index (χ3v) is 15.3. The molecule has 0 nitrogen and oxygen atoms in total. The normalized spacial score (nSPS) is 71.2. The van der Waals surface area contributed by atoms with Crippen molar-refractivity contribution in [3.8, 4) is 0 Å². The van der Waals surface area contributed by atoms with E-state index in [-0.39, 0.29) is 0 Å². The molecule has 0 amide bonds. The highest BCUT2D eigenvalue weighted by molar-refractivity contribution is 14.1. The molecule has 8 atom stereocenters. The van der Waals surface area contributed by atoms with Crippen LogP contribution in [-0.2, 0) is 0 Å². The molecule has 16 heavy (non-hydrogen) atoms. The third kappa shape index (κ3) is 1.42. The Morgan fingerprint density at radius 1 is 0.500 bits per heavy atom. The molecule has 4 aliphatic rings. The van der Waals surface area contributed by atoms with Crippen LogP contribution in [0.2, 0.25) is 0 Å². The monoisotopic (exact) mass is 666 g/mol. The Balaban J connectivity index is 1.73. The standard InChI is InChI=1S/C12H14I4/c13-9-3-1-4(10(9)14)8-6-2-5(7(3)8)11(15)12(6)16/h3-12H,1-2H2. The van der Waals surface area contributed by atoms with Gasteiger partial charge in [0.2, 0.25) is 0 Å². The topological polar surface area (TPSA) is 0 Å². The van der Waals surface area contributed by atoms with Gasteiger partial charge in [0.1, 0.15) is 0 Å². The fourth-order valence-electron chi connectivity index (χ4n) is 5.35. The summed E-state index contributed by atoms with van der Waals surface area (Å²) >= 11 is 11.1. The maximum atomic E-state index is 2.77. The third-order valence-electron chi connectivity index (χ3n) is 5.76. The first-order valence-corrected chi connectivity index (χ1v) is 11.2. The van der Waals surface area contributed by atoms with Gasteiger partial charge in [-0.3, -0.25) is 0 Å². The summed E-state index contributed by atoms with van der Waals surface area (Å²) in [6, 6.07) is 0. The Labute approximate surface area is 152 Å². The van der Waals surface area contributed by atoms with E-state index in [4.69, 9.17) is 0 Å². The Hall–Kier alpha value is 2.92. The molecule has 4 heteroatoms. The highest BCUT2D eigenvalue weighted by atomic mass is 127. The maximum absolute atomic E-state index is 2.77. The minimum absolute atomic E-state index is 0.986. The van der Waals surface area contributed by atoms with Crippen molar-refractivity contribution in [1.29, 1.82) is 0 Å². The molecule has 0 heterocycles. The van der Waals surface area contributed by atoms with Gasteiger partial charge in [0.25, 0.3) is 0 Å². The molecule has 90 valence electrons. The molecule has 0 saturated heterocycles. The molecule has 0 aromatic rings. The van der Waals surface area contributed by atoms with Gasteiger partial charge in [0.15, 0.2) is 0 Å². The largest absolute Gasteiger partial charge is 0.0812 e. The average molecular weight is 666 g/mol. The smallest absolute Gasteiger partial charge is 0.0261 e. The Kier molecular flexibility index (Phi) is 3.32. The van der Waals surface area contributed by atoms with Crippen molar-refractivity contribution in [2.45, 2.75) is 28.5 Å². The average Bonchev–Trinajstić information content (AvgIpc) is 2.92. The molecule has 0 N–H and O–H groups in total. The van der Waals surface area contributed by atoms with Crippen molar-refractivity contribution >= 4 is 90.4 Å². The highest BCUT2D eigenvalue weighted by Gasteiger charge is 2.68. The summed E-state index contributed by atoms with van der Waals surface area (Å²) < 4.78 is 3.94. The van der Waals surface area contributed by atoms with Gasteiger partial charge in [0.05, 0.1) is 0 Å². The summed E-state index contributed by atoms with van der Waals surface area (Å²) in [6.45, 7) is 0. The summed E-state index contributed by atoms with van der Waals surface area (Å²) in [6.07, 6.45) is 3.16. The molecule has 0 spiro atoms. The van der Waals surface area contributed by atoms with Crippen LogP contribution in [0.3, 0.4) is 0 Å². The number of alkyl halides is 4. The van der Waals surface area contributed by atoms with Crippen LogP contribution in [0.15, 0.2) is 0 Å². The van der Waals surface area contributed by atoms with Crippen LogP contribution >= 0.6 is 90.4 Å². The van der Waals surface area contributed by atoms with E-state index in [2.05, 4.69) is 90.4 Å². The second-order valence-corrected chi connectivity index (χ2v) is 11.8. The molecule has 0 aromatic carbocycles. The number of hydrogen-bond acceptors (Lipinski definition) is 0. The molecular weight excluding hydrogens is 652 g/mol. The van der Waals surface area contributed by atoms with Crippen LogP contribution in [-0.4, -0.2) is 15.7 Å². The van der Waals surface area contributed by atoms with Crippen LogP contribution in [0.5, 0.6) is 0 Å². The van der Waals surface area contributed by atoms with Crippen molar-refractivity contribution in [2.24, 2.45) is 35.5 Å². The first-order chi connectivity index (χ1) is 7.61. The van der Waals surface area contributed by atoms with Gasteiger partial charge in [-0.05, 0) is 48.3 Å². The van der Waals surface area contributed by atoms with E-state index in [1.165, 1.54) is 0 Å². The van der Waals surface area contributed by atoms with Gasteiger partial charge in [-0.15, -0.1) is 0 Å². The molecule has 4 bridgehead atoms. The van der Waals surface area contributed by atoms with Crippen molar-refractivity contribution < 1.29 is 0 Å². The van der Waals surface area contributed by atoms with Crippen LogP contribution < -0.4 is 0 Å². The van der Waals surface area contributed by atoms with Crippen molar-refractivity contribution in [3.05, 3.63) is 0 Å². The summed E-state index contributed by atoms with van der Waals surface area (Å²) in [5, 5.41) is 0. The zero-order chi connectivity index (χ0) is 11.2. The van der Waals surface area contributed by atoms with Gasteiger partial charge >= 0.3 is 0 Å². The molecular formula is C12H14I4. The molecule has 0 aliphatic heterocycles. The Morgan fingerprint density at radius 2 is 0.750 bits per heavy atom. The lowest BCUT2D eigenvalue weighted by Crippen LogP contribution is -2.44. The molecule has 0 aromatic heterocycles. The number of fused-ring (bicyclic) bond motifs is 9. The van der Waals surface area contributed by atoms with Crippen molar-refractivity contribution in [1.82, 2.24) is 0 Å². The lowest BCUT2D eigenvalue weighted by atomic mass is 9.71. The van der Waals surface area contributed by atoms with E-state index in [0.717, 1.165) is 51.2 Å². The van der Waals surface area contributed by atoms with Crippen LogP contribution in [0, 0.1) is 35.5 Å². The molecule has 4 saturated carbocycles. The van der Waals surface area contributed by atoms with Crippen LogP contribution in [0.1, 0.15) is 12.8 Å². The number of halogens is 4. The first kappa shape index (κ1) is 12.6. The fraction of sp³-hybridized carbons (Fsp3) is 1.00. The summed E-state index contributed by atoms with van der Waals surface area (Å²) in [5.74, 6) is 6.64. The number of rotatable bonds is 0. The quantitative estimate of drug-likeness (QED) is 0.200. The molecule has 4 aliphatic carbocycles. The zero-order valence-electron chi connectivity index (χ0n) is 8.70. The van der Waals surface area contributed by atoms with Crippen molar-refractivity contribution in [3.63, 3.8) is 0 Å². The van der Waals surface area contributed by atoms with E-state index < -0.39 is 0 Å². The van der Waals surface area contributed by atoms with Crippen molar-refractivity contribution in [2.75, 3.05) is 0 Å². The van der Waals surface area contributed by atoms with E-state index in [0.29, 0.717) is 0 Å². The SMILES string of the molecule is IC1C(I)C2CC1C1C3CC(C(I)C3I)C21. The highest BCUT2D eigenvalue weighted by Crippen LogP contribution is 2.71. The fourth-order valence-corrected chi connectivity index (χ4v) is 10.6. The van der Waals surface area contributed by atoms with Gasteiger partial charge in [-0.1, -0.05) is 90.4 Å². The van der Waals surface area contributed by atoms with E-state index >= 15 is 0 Å². The molecule has 8 unspecified atom stereocenters. The summed E-state index contributed by atoms with van der Waals surface area (Å²) in [5.41, 5.74) is 0. The van der Waals surface area contributed by atoms with Gasteiger partial charge in [-0.2, -0.15) is 0 Å². The van der Waals surface area contributed by atoms with Gasteiger partial charge in [-0.25, -0.2) is 0 Å². The molecule has 4 fully saturated rings. The number of hydrogen-bond donors (Lipinski definition) is 0. The predicted molar refractivity (Wildman–Crippen MR) is 101 cm³/mol. The van der Waals surface area contributed by atoms with Gasteiger partial charge in [0, 0.05) is 15.7 Å². The predicted octanol–water partition coefficient (Wildman–Crippen LogP) is 4.73. The Bertz CT molecular complexity index is 273. The second-order valence-electron chi connectivity index (χ2n) is 6.06. The lowest BCUT2D eigenvalue weighted by molar-refractivity contribution is 0.174. The second kappa shape index (κ2) is 4.21. The first-order valence-electron chi connectivity index (χ1n) is 6.17. The minimum Gasteiger partial charge on any atom is -0.0812 e. The van der Waals surface area contributed by atoms with E-state index in [1.54, 1.807) is 12.8 Å². The summed E-state index contributed by atoms with van der Waals surface area (Å²) in [7, 11) is 0. The van der Waals surface area contributed by atoms with Crippen LogP contribution in [0.4, 0.5) is 0 Å². The van der Waals surface area contributed by atoms with Gasteiger partial charge < -0.3 is 0 Å². The minimum atomic E-state index is 0.986.